The maximum atomic E-state index is 13.0. The summed E-state index contributed by atoms with van der Waals surface area (Å²) in [5.41, 5.74) is 3.71. The summed E-state index contributed by atoms with van der Waals surface area (Å²) >= 11 is 7.54. The monoisotopic (exact) mass is 429 g/mol. The average Bonchev–Trinajstić information content (AvgIpc) is 2.87. The molecule has 5 heteroatoms. The van der Waals surface area contributed by atoms with Gasteiger partial charge in [-0.25, -0.2) is 0 Å². The van der Waals surface area contributed by atoms with Gasteiger partial charge in [0.2, 0.25) is 5.91 Å². The lowest BCUT2D eigenvalue weighted by atomic mass is 10.0. The fourth-order valence-electron chi connectivity index (χ4n) is 3.00. The smallest absolute Gasteiger partial charge is 0.240 e. The molecule has 0 N–H and O–H groups in total. The number of amides is 1. The number of alkyl halides is 1. The normalized spacial score (nSPS) is 17.3. The van der Waals surface area contributed by atoms with E-state index in [4.69, 9.17) is 0 Å². The van der Waals surface area contributed by atoms with Gasteiger partial charge in [0.1, 0.15) is 0 Å². The van der Waals surface area contributed by atoms with Crippen LogP contribution in [0.3, 0.4) is 0 Å². The number of carbonyl (C=O) groups excluding carboxylic acids is 1. The largest absolute Gasteiger partial charge is 0.309 e. The first-order chi connectivity index (χ1) is 11.6. The van der Waals surface area contributed by atoms with Crippen molar-refractivity contribution in [1.29, 1.82) is 0 Å². The number of hydrogen-bond acceptors (Lipinski definition) is 3. The second kappa shape index (κ2) is 10.1. The number of anilines is 1. The minimum Gasteiger partial charge on any atom is -0.309 e. The highest BCUT2D eigenvalue weighted by molar-refractivity contribution is 9.10. The number of aryl methyl sites for hydroxylation is 2. The number of rotatable bonds is 6. The van der Waals surface area contributed by atoms with Crippen molar-refractivity contribution in [3.63, 3.8) is 0 Å². The summed E-state index contributed by atoms with van der Waals surface area (Å²) in [6, 6.07) is 6.46. The minimum absolute atomic E-state index is 0.159. The molecule has 0 aromatic heterocycles. The molecule has 1 fully saturated rings. The van der Waals surface area contributed by atoms with Crippen LogP contribution >= 0.6 is 39.5 Å². The Morgan fingerprint density at radius 1 is 1.21 bits per heavy atom. The summed E-state index contributed by atoms with van der Waals surface area (Å²) < 4.78 is 0.470. The highest BCUT2D eigenvalue weighted by Gasteiger charge is 2.27. The number of hydrogen-bond donors (Lipinski definition) is 0. The lowest BCUT2D eigenvalue weighted by Crippen LogP contribution is -2.40. The molecule has 1 aromatic rings. The van der Waals surface area contributed by atoms with Crippen LogP contribution in [0.5, 0.6) is 0 Å². The van der Waals surface area contributed by atoms with E-state index in [9.17, 15) is 4.79 Å². The van der Waals surface area contributed by atoms with Gasteiger partial charge in [0, 0.05) is 6.54 Å². The van der Waals surface area contributed by atoms with Gasteiger partial charge in [-0.1, -0.05) is 48.0 Å². The molecule has 0 radical (unpaired) electrons. The highest BCUT2D eigenvalue weighted by atomic mass is 79.9. The van der Waals surface area contributed by atoms with Crippen LogP contribution in [0, 0.1) is 0 Å². The zero-order valence-electron chi connectivity index (χ0n) is 14.9. The van der Waals surface area contributed by atoms with E-state index in [1.807, 2.05) is 30.4 Å². The van der Waals surface area contributed by atoms with Crippen molar-refractivity contribution < 1.29 is 4.79 Å². The van der Waals surface area contributed by atoms with Gasteiger partial charge >= 0.3 is 0 Å². The topological polar surface area (TPSA) is 20.3 Å². The predicted octanol–water partition coefficient (Wildman–Crippen LogP) is 5.51. The highest BCUT2D eigenvalue weighted by Crippen LogP contribution is 2.34. The summed E-state index contributed by atoms with van der Waals surface area (Å²) in [6.07, 6.45) is 4.49. The fraction of sp³-hybridized carbons (Fsp3) is 0.632. The van der Waals surface area contributed by atoms with Gasteiger partial charge in [-0.05, 0) is 55.2 Å². The summed E-state index contributed by atoms with van der Waals surface area (Å²) in [4.78, 5) is 14.9. The molecule has 0 aliphatic carbocycles. The molecule has 1 amide bonds. The van der Waals surface area contributed by atoms with Crippen LogP contribution < -0.4 is 4.90 Å². The summed E-state index contributed by atoms with van der Waals surface area (Å²) in [5, 5.41) is 0. The first kappa shape index (κ1) is 20.2. The molecule has 1 heterocycles. The van der Waals surface area contributed by atoms with Crippen molar-refractivity contribution in [2.24, 2.45) is 0 Å². The van der Waals surface area contributed by atoms with Gasteiger partial charge in [-0.3, -0.25) is 4.79 Å². The number of thioether (sulfide) groups is 2. The van der Waals surface area contributed by atoms with E-state index in [2.05, 4.69) is 52.9 Å². The van der Waals surface area contributed by atoms with E-state index in [0.29, 0.717) is 4.58 Å². The molecule has 0 bridgehead atoms. The van der Waals surface area contributed by atoms with Crippen LogP contribution in [0.1, 0.15) is 44.7 Å². The van der Waals surface area contributed by atoms with Crippen molar-refractivity contribution in [2.75, 3.05) is 23.0 Å². The average molecular weight is 430 g/mol. The Bertz CT molecular complexity index is 520. The van der Waals surface area contributed by atoms with Gasteiger partial charge in [-0.2, -0.15) is 0 Å². The van der Waals surface area contributed by atoms with E-state index in [1.54, 1.807) is 0 Å². The second-order valence-corrected chi connectivity index (χ2v) is 10.4. The molecule has 0 spiro atoms. The number of nitrogens with zero attached hydrogens (tertiary/aromatic N) is 1. The molecule has 1 atom stereocenters. The lowest BCUT2D eigenvalue weighted by molar-refractivity contribution is -0.117. The summed E-state index contributed by atoms with van der Waals surface area (Å²) in [7, 11) is 0. The Morgan fingerprint density at radius 3 is 2.21 bits per heavy atom. The van der Waals surface area contributed by atoms with Crippen molar-refractivity contribution in [1.82, 2.24) is 0 Å². The Hall–Kier alpha value is -0.130. The van der Waals surface area contributed by atoms with E-state index < -0.39 is 0 Å². The third-order valence-electron chi connectivity index (χ3n) is 4.32. The number of halogens is 1. The molecule has 24 heavy (non-hydrogen) atoms. The molecular formula is C19H28BrNOS2. The van der Waals surface area contributed by atoms with Gasteiger partial charge < -0.3 is 4.90 Å². The quantitative estimate of drug-likeness (QED) is 0.555. The first-order valence-corrected chi connectivity index (χ1v) is 11.9. The number of para-hydroxylation sites is 1. The summed E-state index contributed by atoms with van der Waals surface area (Å²) in [6.45, 7) is 7.08. The SMILES string of the molecule is CCc1cccc(CC)c1N(CC1SCCCCS1)C(=O)C(C)Br. The van der Waals surface area contributed by atoms with Crippen LogP contribution in [-0.2, 0) is 17.6 Å². The Balaban J connectivity index is 2.37. The molecule has 1 aromatic carbocycles. The van der Waals surface area contributed by atoms with E-state index in [-0.39, 0.29) is 10.7 Å². The molecule has 0 saturated carbocycles. The van der Waals surface area contributed by atoms with Crippen LogP contribution in [-0.4, -0.2) is 33.4 Å². The molecule has 1 unspecified atom stereocenters. The first-order valence-electron chi connectivity index (χ1n) is 8.87. The maximum Gasteiger partial charge on any atom is 0.240 e. The zero-order chi connectivity index (χ0) is 17.5. The van der Waals surface area contributed by atoms with E-state index in [0.717, 1.165) is 25.1 Å². The van der Waals surface area contributed by atoms with Crippen LogP contribution in [0.4, 0.5) is 5.69 Å². The number of benzene rings is 1. The Labute approximate surface area is 163 Å². The molecule has 1 saturated heterocycles. The second-order valence-electron chi connectivity index (χ2n) is 6.08. The van der Waals surface area contributed by atoms with Crippen LogP contribution in [0.25, 0.3) is 0 Å². The lowest BCUT2D eigenvalue weighted by Gasteiger charge is -2.31. The van der Waals surface area contributed by atoms with E-state index >= 15 is 0 Å². The standard InChI is InChI=1S/C19H28BrNOS2/c1-4-15-9-8-10-16(5-2)18(15)21(19(22)14(3)20)13-17-23-11-6-7-12-24-17/h8-10,14,17H,4-7,11-13H2,1-3H3. The minimum atomic E-state index is -0.159. The zero-order valence-corrected chi connectivity index (χ0v) is 18.1. The van der Waals surface area contributed by atoms with Gasteiger partial charge in [0.05, 0.1) is 15.1 Å². The van der Waals surface area contributed by atoms with Crippen molar-refractivity contribution in [3.8, 4) is 0 Å². The van der Waals surface area contributed by atoms with Crippen molar-refractivity contribution in [2.45, 2.75) is 55.9 Å². The predicted molar refractivity (Wildman–Crippen MR) is 114 cm³/mol. The van der Waals surface area contributed by atoms with Gasteiger partial charge in [0.25, 0.3) is 0 Å². The van der Waals surface area contributed by atoms with Crippen molar-refractivity contribution in [3.05, 3.63) is 29.3 Å². The summed E-state index contributed by atoms with van der Waals surface area (Å²) in [5.74, 6) is 2.59. The van der Waals surface area contributed by atoms with Gasteiger partial charge in [0.15, 0.2) is 0 Å². The van der Waals surface area contributed by atoms with Crippen LogP contribution in [0.15, 0.2) is 18.2 Å². The fourth-order valence-corrected chi connectivity index (χ4v) is 5.99. The molecule has 1 aliphatic rings. The van der Waals surface area contributed by atoms with Crippen LogP contribution in [0.2, 0.25) is 0 Å². The molecule has 1 aliphatic heterocycles. The molecule has 2 nitrogen and oxygen atoms in total. The van der Waals surface area contributed by atoms with Gasteiger partial charge in [-0.15, -0.1) is 23.5 Å². The molecular weight excluding hydrogens is 402 g/mol. The maximum absolute atomic E-state index is 13.0. The third-order valence-corrected chi connectivity index (χ3v) is 7.62. The van der Waals surface area contributed by atoms with Crippen molar-refractivity contribution >= 4 is 51.0 Å². The molecule has 134 valence electrons. The number of carbonyl (C=O) groups is 1. The van der Waals surface area contributed by atoms with E-state index in [1.165, 1.54) is 35.5 Å². The Morgan fingerprint density at radius 2 is 1.75 bits per heavy atom. The molecule has 2 rings (SSSR count). The third kappa shape index (κ3) is 5.18. The Kier molecular flexibility index (Phi) is 8.52.